The number of hydrogen-bond donors (Lipinski definition) is 0. The van der Waals surface area contributed by atoms with E-state index in [9.17, 15) is 0 Å². The molecular weight excluding hydrogens is 442 g/mol. The molecule has 192 valence electrons. The van der Waals surface area contributed by atoms with E-state index < -0.39 is 0 Å². The smallest absolute Gasteiger partial charge is 0.125 e. The lowest BCUT2D eigenvalue weighted by Crippen LogP contribution is -2.31. The fourth-order valence-electron chi connectivity index (χ4n) is 6.20. The van der Waals surface area contributed by atoms with Crippen molar-refractivity contribution in [1.29, 1.82) is 0 Å². The van der Waals surface area contributed by atoms with Crippen molar-refractivity contribution in [2.45, 2.75) is 59.5 Å². The number of nitrogens with zero attached hydrogens (tertiary/aromatic N) is 3. The van der Waals surface area contributed by atoms with Crippen molar-refractivity contribution in [3.8, 4) is 5.75 Å². The van der Waals surface area contributed by atoms with Crippen LogP contribution in [0, 0.1) is 18.8 Å². The van der Waals surface area contributed by atoms with Gasteiger partial charge in [-0.3, -0.25) is 4.90 Å². The Kier molecular flexibility index (Phi) is 7.43. The molecule has 5 rings (SSSR count). The molecule has 0 N–H and O–H groups in total. The van der Waals surface area contributed by atoms with Crippen molar-refractivity contribution in [1.82, 2.24) is 14.4 Å². The van der Waals surface area contributed by atoms with E-state index in [1.165, 1.54) is 51.7 Å². The van der Waals surface area contributed by atoms with Gasteiger partial charge in [0, 0.05) is 61.9 Å². The predicted molar refractivity (Wildman–Crippen MR) is 150 cm³/mol. The van der Waals surface area contributed by atoms with Crippen LogP contribution in [0.2, 0.25) is 0 Å². The fraction of sp³-hybridized carbons (Fsp3) is 0.500. The zero-order chi connectivity index (χ0) is 25.2. The molecule has 0 bridgehead atoms. The van der Waals surface area contributed by atoms with E-state index in [0.717, 1.165) is 57.9 Å². The molecule has 36 heavy (non-hydrogen) atoms. The van der Waals surface area contributed by atoms with Gasteiger partial charge in [0.05, 0.1) is 6.61 Å². The van der Waals surface area contributed by atoms with Gasteiger partial charge in [0.25, 0.3) is 0 Å². The maximum Gasteiger partial charge on any atom is 0.125 e. The van der Waals surface area contributed by atoms with Crippen molar-refractivity contribution in [3.63, 3.8) is 0 Å². The lowest BCUT2D eigenvalue weighted by atomic mass is 9.99. The predicted octanol–water partition coefficient (Wildman–Crippen LogP) is 6.70. The minimum Gasteiger partial charge on any atom is -0.493 e. The summed E-state index contributed by atoms with van der Waals surface area (Å²) in [6, 6.07) is 13.7. The van der Waals surface area contributed by atoms with Crippen molar-refractivity contribution >= 4 is 10.9 Å². The number of aryl methyl sites for hydroxylation is 3. The number of ether oxygens (including phenoxy) is 1. The second-order valence-electron chi connectivity index (χ2n) is 11.5. The lowest BCUT2D eigenvalue weighted by molar-refractivity contribution is 0.256. The first-order valence-corrected chi connectivity index (χ1v) is 13.8. The van der Waals surface area contributed by atoms with E-state index in [2.05, 4.69) is 91.4 Å². The van der Waals surface area contributed by atoms with Gasteiger partial charge in [0.1, 0.15) is 5.75 Å². The van der Waals surface area contributed by atoms with Crippen LogP contribution < -0.4 is 4.74 Å². The van der Waals surface area contributed by atoms with Crippen LogP contribution in [-0.4, -0.2) is 40.6 Å². The summed E-state index contributed by atoms with van der Waals surface area (Å²) in [5, 5.41) is 1.38. The molecule has 2 aliphatic rings. The number of hydrogen-bond acceptors (Lipinski definition) is 3. The largest absolute Gasteiger partial charge is 0.493 e. The van der Waals surface area contributed by atoms with E-state index in [1.807, 2.05) is 0 Å². The average molecular weight is 486 g/mol. The van der Waals surface area contributed by atoms with Gasteiger partial charge in [-0.1, -0.05) is 44.7 Å². The monoisotopic (exact) mass is 485 g/mol. The summed E-state index contributed by atoms with van der Waals surface area (Å²) in [4.78, 5) is 5.19. The third-order valence-electron chi connectivity index (χ3n) is 8.02. The SMILES string of the molecule is C=C([C@@H]1CCN(Cc2cccc3c2ccn3C)C1)N(Cc1cc(C)c2c(c1)CCCCO2)CC(C)C. The molecule has 4 heteroatoms. The molecule has 0 saturated carbocycles. The number of rotatable bonds is 8. The van der Waals surface area contributed by atoms with Crippen LogP contribution in [0.5, 0.6) is 5.75 Å². The average Bonchev–Trinajstić information content (AvgIpc) is 3.38. The Bertz CT molecular complexity index is 1220. The summed E-state index contributed by atoms with van der Waals surface area (Å²) in [5.74, 6) is 2.24. The first-order chi connectivity index (χ1) is 17.4. The molecule has 3 heterocycles. The van der Waals surface area contributed by atoms with Gasteiger partial charge < -0.3 is 14.2 Å². The van der Waals surface area contributed by atoms with Crippen molar-refractivity contribution in [2.75, 3.05) is 26.2 Å². The number of benzene rings is 2. The standard InChI is InChI=1S/C32H43N3O/c1-23(2)19-35(20-26-17-24(3)32-27(18-26)9-6-7-16-36-32)25(4)28-12-15-34(21-28)22-29-10-8-11-31-30(29)13-14-33(31)5/h8,10-11,13-14,17-18,23,28H,4,6-7,9,12,15-16,19-22H2,1-3,5H3/t28-/m1/s1. The molecule has 0 unspecified atom stereocenters. The minimum absolute atomic E-state index is 0.518. The molecule has 0 aliphatic carbocycles. The lowest BCUT2D eigenvalue weighted by Gasteiger charge is -2.32. The number of aromatic nitrogens is 1. The summed E-state index contributed by atoms with van der Waals surface area (Å²) >= 11 is 0. The van der Waals surface area contributed by atoms with Gasteiger partial charge in [-0.15, -0.1) is 0 Å². The first kappa shape index (κ1) is 25.0. The first-order valence-electron chi connectivity index (χ1n) is 13.8. The second kappa shape index (κ2) is 10.7. The van der Waals surface area contributed by atoms with E-state index in [1.54, 1.807) is 0 Å². The van der Waals surface area contributed by atoms with Crippen LogP contribution in [0.1, 0.15) is 55.4 Å². The third kappa shape index (κ3) is 5.34. The zero-order valence-corrected chi connectivity index (χ0v) is 22.7. The number of fused-ring (bicyclic) bond motifs is 2. The van der Waals surface area contributed by atoms with Gasteiger partial charge in [-0.25, -0.2) is 0 Å². The van der Waals surface area contributed by atoms with Crippen LogP contribution in [0.3, 0.4) is 0 Å². The molecule has 1 atom stereocenters. The summed E-state index contributed by atoms with van der Waals surface area (Å²) in [7, 11) is 2.13. The zero-order valence-electron chi connectivity index (χ0n) is 22.7. The molecule has 1 aromatic heterocycles. The van der Waals surface area contributed by atoms with Gasteiger partial charge in [0.15, 0.2) is 0 Å². The summed E-state index contributed by atoms with van der Waals surface area (Å²) < 4.78 is 8.30. The van der Waals surface area contributed by atoms with Crippen LogP contribution in [0.15, 0.2) is 54.9 Å². The summed E-state index contributed by atoms with van der Waals surface area (Å²) in [6.45, 7) is 17.6. The quantitative estimate of drug-likeness (QED) is 0.354. The molecule has 2 aliphatic heterocycles. The molecular formula is C32H43N3O. The Morgan fingerprint density at radius 2 is 2.06 bits per heavy atom. The Balaban J connectivity index is 1.28. The van der Waals surface area contributed by atoms with E-state index in [4.69, 9.17) is 4.74 Å². The highest BCUT2D eigenvalue weighted by Crippen LogP contribution is 2.33. The maximum absolute atomic E-state index is 6.08. The van der Waals surface area contributed by atoms with Gasteiger partial charge >= 0.3 is 0 Å². The molecule has 0 amide bonds. The maximum atomic E-state index is 6.08. The van der Waals surface area contributed by atoms with Crippen molar-refractivity contribution in [2.24, 2.45) is 18.9 Å². The van der Waals surface area contributed by atoms with E-state index >= 15 is 0 Å². The Morgan fingerprint density at radius 1 is 1.19 bits per heavy atom. The minimum atomic E-state index is 0.518. The molecule has 3 aromatic rings. The molecule has 2 aromatic carbocycles. The highest BCUT2D eigenvalue weighted by Gasteiger charge is 2.28. The molecule has 0 spiro atoms. The normalized spacial score (nSPS) is 18.3. The number of likely N-dealkylation sites (tertiary alicyclic amines) is 1. The van der Waals surface area contributed by atoms with Crippen LogP contribution in [-0.2, 0) is 26.6 Å². The van der Waals surface area contributed by atoms with Crippen LogP contribution in [0.25, 0.3) is 10.9 Å². The molecule has 4 nitrogen and oxygen atoms in total. The molecule has 1 saturated heterocycles. The Morgan fingerprint density at radius 3 is 2.89 bits per heavy atom. The van der Waals surface area contributed by atoms with Gasteiger partial charge in [-0.05, 0) is 79.5 Å². The van der Waals surface area contributed by atoms with Gasteiger partial charge in [0.2, 0.25) is 0 Å². The van der Waals surface area contributed by atoms with Gasteiger partial charge in [-0.2, -0.15) is 0 Å². The van der Waals surface area contributed by atoms with Crippen LogP contribution >= 0.6 is 0 Å². The molecule has 1 fully saturated rings. The summed E-state index contributed by atoms with van der Waals surface area (Å²) in [6.07, 6.45) is 6.85. The van der Waals surface area contributed by atoms with E-state index in [0.29, 0.717) is 11.8 Å². The van der Waals surface area contributed by atoms with E-state index in [-0.39, 0.29) is 0 Å². The Hall–Kier alpha value is -2.72. The van der Waals surface area contributed by atoms with Crippen LogP contribution in [0.4, 0.5) is 0 Å². The molecule has 0 radical (unpaired) electrons. The summed E-state index contributed by atoms with van der Waals surface area (Å²) in [5.41, 5.74) is 8.12. The third-order valence-corrected chi connectivity index (χ3v) is 8.02. The van der Waals surface area contributed by atoms with Crippen molar-refractivity contribution in [3.05, 3.63) is 77.1 Å². The second-order valence-corrected chi connectivity index (χ2v) is 11.5. The fourth-order valence-corrected chi connectivity index (χ4v) is 6.20. The van der Waals surface area contributed by atoms with Crippen molar-refractivity contribution < 1.29 is 4.74 Å². The topological polar surface area (TPSA) is 20.6 Å². The highest BCUT2D eigenvalue weighted by atomic mass is 16.5. The Labute approximate surface area is 217 Å². The highest BCUT2D eigenvalue weighted by molar-refractivity contribution is 5.83.